The van der Waals surface area contributed by atoms with Crippen molar-refractivity contribution in [2.24, 2.45) is 0 Å². The first-order chi connectivity index (χ1) is 15.9. The predicted octanol–water partition coefficient (Wildman–Crippen LogP) is 6.82. The summed E-state index contributed by atoms with van der Waals surface area (Å²) >= 11 is 12.7. The molecule has 2 heterocycles. The Morgan fingerprint density at radius 1 is 0.939 bits per heavy atom. The first-order valence-electron chi connectivity index (χ1n) is 10.3. The lowest BCUT2D eigenvalue weighted by atomic mass is 10.1. The number of nitrogens with zero attached hydrogens (tertiary/aromatic N) is 3. The topological polar surface area (TPSA) is 28.5 Å². The summed E-state index contributed by atoms with van der Waals surface area (Å²) in [4.78, 5) is 16.7. The smallest absolute Gasteiger partial charge is 0.281 e. The molecule has 7 heteroatoms. The summed E-state index contributed by atoms with van der Waals surface area (Å²) < 4.78 is 4.26. The van der Waals surface area contributed by atoms with Crippen molar-refractivity contribution in [3.63, 3.8) is 0 Å². The number of hydrogen-bond donors (Lipinski definition) is 0. The maximum Gasteiger partial charge on any atom is 0.281 e. The number of halogens is 2. The summed E-state index contributed by atoms with van der Waals surface area (Å²) in [6.45, 7) is 0.729. The van der Waals surface area contributed by atoms with Crippen LogP contribution < -0.4 is 4.90 Å². The van der Waals surface area contributed by atoms with Gasteiger partial charge in [-0.1, -0.05) is 62.2 Å². The quantitative estimate of drug-likeness (QED) is 0.196. The summed E-state index contributed by atoms with van der Waals surface area (Å²) in [6, 6.07) is 24.0. The van der Waals surface area contributed by atoms with Crippen LogP contribution in [0.25, 0.3) is 17.0 Å². The van der Waals surface area contributed by atoms with E-state index < -0.39 is 0 Å². The Hall–Kier alpha value is -2.74. The molecular formula is C26H19Br2N3OS. The highest BCUT2D eigenvalue weighted by atomic mass is 79.9. The average Bonchev–Trinajstić information content (AvgIpc) is 3.25. The van der Waals surface area contributed by atoms with Gasteiger partial charge in [-0.25, -0.2) is 0 Å². The molecular weight excluding hydrogens is 562 g/mol. The number of carbonyl (C=O) groups is 1. The van der Waals surface area contributed by atoms with Crippen molar-refractivity contribution >= 4 is 77.8 Å². The highest BCUT2D eigenvalue weighted by Crippen LogP contribution is 2.32. The number of benzene rings is 3. The van der Waals surface area contributed by atoms with E-state index in [9.17, 15) is 4.79 Å². The Kier molecular flexibility index (Phi) is 5.95. The second-order valence-corrected chi connectivity index (χ2v) is 10.0. The zero-order valence-electron chi connectivity index (χ0n) is 17.7. The van der Waals surface area contributed by atoms with Crippen molar-refractivity contribution in [1.29, 1.82) is 0 Å². The maximum atomic E-state index is 13.4. The zero-order valence-corrected chi connectivity index (χ0v) is 21.7. The van der Waals surface area contributed by atoms with E-state index in [0.717, 1.165) is 37.6 Å². The molecule has 5 rings (SSSR count). The fraction of sp³-hybridized carbons (Fsp3) is 0.0769. The maximum absolute atomic E-state index is 13.4. The van der Waals surface area contributed by atoms with Gasteiger partial charge < -0.3 is 9.47 Å². The molecule has 4 nitrogen and oxygen atoms in total. The number of carbonyl (C=O) groups excluding carboxylic acids is 1. The number of hydrogen-bond acceptors (Lipinski definition) is 2. The Morgan fingerprint density at radius 2 is 1.64 bits per heavy atom. The van der Waals surface area contributed by atoms with Crippen LogP contribution in [0.4, 0.5) is 5.69 Å². The van der Waals surface area contributed by atoms with Crippen molar-refractivity contribution in [3.8, 4) is 0 Å². The third-order valence-corrected chi connectivity index (χ3v) is 7.19. The lowest BCUT2D eigenvalue weighted by molar-refractivity contribution is -0.114. The molecule has 0 atom stereocenters. The summed E-state index contributed by atoms with van der Waals surface area (Å²) in [5.41, 5.74) is 4.58. The zero-order chi connectivity index (χ0) is 23.1. The third-order valence-electron chi connectivity index (χ3n) is 5.71. The van der Waals surface area contributed by atoms with Crippen molar-refractivity contribution in [3.05, 3.63) is 105 Å². The number of fused-ring (bicyclic) bond motifs is 1. The van der Waals surface area contributed by atoms with E-state index in [1.165, 1.54) is 5.56 Å². The van der Waals surface area contributed by atoms with Crippen molar-refractivity contribution in [2.45, 2.75) is 6.54 Å². The number of likely N-dealkylation sites (N-methyl/N-ethyl adjacent to an activating group) is 1. The van der Waals surface area contributed by atoms with Crippen molar-refractivity contribution in [1.82, 2.24) is 9.47 Å². The van der Waals surface area contributed by atoms with Gasteiger partial charge in [0.25, 0.3) is 5.91 Å². The lowest BCUT2D eigenvalue weighted by Gasteiger charge is -2.16. The van der Waals surface area contributed by atoms with Gasteiger partial charge in [-0.3, -0.25) is 9.69 Å². The number of amides is 1. The molecule has 1 saturated heterocycles. The van der Waals surface area contributed by atoms with Crippen LogP contribution >= 0.6 is 44.1 Å². The molecule has 0 radical (unpaired) electrons. The van der Waals surface area contributed by atoms with Crippen molar-refractivity contribution < 1.29 is 4.79 Å². The minimum atomic E-state index is -0.127. The predicted molar refractivity (Wildman–Crippen MR) is 145 cm³/mol. The molecule has 0 saturated carbocycles. The Bertz CT molecular complexity index is 1410. The normalized spacial score (nSPS) is 15.3. The summed E-state index contributed by atoms with van der Waals surface area (Å²) in [6.07, 6.45) is 4.03. The van der Waals surface area contributed by atoms with E-state index in [0.29, 0.717) is 10.8 Å². The van der Waals surface area contributed by atoms with Gasteiger partial charge in [0.1, 0.15) is 5.70 Å². The minimum Gasteiger partial charge on any atom is -0.342 e. The van der Waals surface area contributed by atoms with Crippen LogP contribution in [0.1, 0.15) is 11.1 Å². The van der Waals surface area contributed by atoms with Gasteiger partial charge in [0.2, 0.25) is 0 Å². The molecule has 33 heavy (non-hydrogen) atoms. The first kappa shape index (κ1) is 22.1. The second-order valence-electron chi connectivity index (χ2n) is 7.85. The highest BCUT2D eigenvalue weighted by molar-refractivity contribution is 9.10. The highest BCUT2D eigenvalue weighted by Gasteiger charge is 2.36. The summed E-state index contributed by atoms with van der Waals surface area (Å²) in [5, 5.41) is 1.54. The standard InChI is InChI=1S/C26H19Br2N3OS/c1-29-24(25(32)31(26(29)33)21-5-3-2-4-6-21)13-18-16-30(15-17-7-9-19(27)10-8-17)23-12-11-20(28)14-22(18)23/h2-14,16H,15H2,1H3/b24-13-. The van der Waals surface area contributed by atoms with Gasteiger partial charge >= 0.3 is 0 Å². The fourth-order valence-corrected chi connectivity index (χ4v) is 4.95. The van der Waals surface area contributed by atoms with Crippen LogP contribution in [0.5, 0.6) is 0 Å². The third kappa shape index (κ3) is 4.16. The van der Waals surface area contributed by atoms with Gasteiger partial charge in [0, 0.05) is 45.2 Å². The fourth-order valence-electron chi connectivity index (χ4n) is 4.04. The molecule has 1 fully saturated rings. The molecule has 3 aromatic carbocycles. The number of aromatic nitrogens is 1. The molecule has 164 valence electrons. The van der Waals surface area contributed by atoms with Crippen LogP contribution in [0.3, 0.4) is 0 Å². The molecule has 0 N–H and O–H groups in total. The van der Waals surface area contributed by atoms with E-state index in [4.69, 9.17) is 12.2 Å². The van der Waals surface area contributed by atoms with Crippen LogP contribution in [0.2, 0.25) is 0 Å². The molecule has 1 aliphatic rings. The number of rotatable bonds is 4. The first-order valence-corrected chi connectivity index (χ1v) is 12.3. The summed E-state index contributed by atoms with van der Waals surface area (Å²) in [5.74, 6) is -0.127. The molecule has 1 amide bonds. The Labute approximate surface area is 214 Å². The lowest BCUT2D eigenvalue weighted by Crippen LogP contribution is -2.30. The molecule has 1 aromatic heterocycles. The van der Waals surface area contributed by atoms with E-state index in [1.807, 2.05) is 61.7 Å². The molecule has 0 unspecified atom stereocenters. The summed E-state index contributed by atoms with van der Waals surface area (Å²) in [7, 11) is 1.84. The van der Waals surface area contributed by atoms with E-state index in [1.54, 1.807) is 9.80 Å². The molecule has 4 aromatic rings. The monoisotopic (exact) mass is 579 g/mol. The Morgan fingerprint density at radius 3 is 2.36 bits per heavy atom. The molecule has 0 bridgehead atoms. The number of para-hydroxylation sites is 1. The number of thiocarbonyl (C=S) groups is 1. The van der Waals surface area contributed by atoms with E-state index >= 15 is 0 Å². The average molecular weight is 581 g/mol. The van der Waals surface area contributed by atoms with Gasteiger partial charge in [0.15, 0.2) is 5.11 Å². The van der Waals surface area contributed by atoms with Crippen LogP contribution in [0.15, 0.2) is 93.6 Å². The Balaban J connectivity index is 1.58. The molecule has 1 aliphatic heterocycles. The van der Waals surface area contributed by atoms with Crippen molar-refractivity contribution in [2.75, 3.05) is 11.9 Å². The van der Waals surface area contributed by atoms with Crippen LogP contribution in [-0.4, -0.2) is 27.5 Å². The molecule has 0 aliphatic carbocycles. The van der Waals surface area contributed by atoms with Gasteiger partial charge in [-0.05, 0) is 66.3 Å². The van der Waals surface area contributed by atoms with Crippen LogP contribution in [0, 0.1) is 0 Å². The molecule has 0 spiro atoms. The van der Waals surface area contributed by atoms with Crippen LogP contribution in [-0.2, 0) is 11.3 Å². The van der Waals surface area contributed by atoms with E-state index in [2.05, 4.69) is 66.9 Å². The van der Waals surface area contributed by atoms with E-state index in [-0.39, 0.29) is 5.91 Å². The number of anilines is 1. The largest absolute Gasteiger partial charge is 0.342 e. The second kappa shape index (κ2) is 8.89. The van der Waals surface area contributed by atoms with Gasteiger partial charge in [-0.2, -0.15) is 0 Å². The SMILES string of the molecule is CN1C(=S)N(c2ccccc2)C(=O)/C1=C/c1cn(Cc2ccc(Br)cc2)c2ccc(Br)cc12. The van der Waals surface area contributed by atoms with Gasteiger partial charge in [-0.15, -0.1) is 0 Å². The minimum absolute atomic E-state index is 0.127. The van der Waals surface area contributed by atoms with Gasteiger partial charge in [0.05, 0.1) is 5.69 Å².